The Hall–Kier alpha value is -1.35. The summed E-state index contributed by atoms with van der Waals surface area (Å²) in [5, 5.41) is 0. The molecule has 0 amide bonds. The maximum absolute atomic E-state index is 11.3. The molecule has 0 aliphatic heterocycles. The van der Waals surface area contributed by atoms with Crippen LogP contribution in [0.25, 0.3) is 0 Å². The van der Waals surface area contributed by atoms with E-state index >= 15 is 0 Å². The van der Waals surface area contributed by atoms with Crippen LogP contribution in [-0.2, 0) is 32.0 Å². The van der Waals surface area contributed by atoms with Crippen LogP contribution in [0.4, 0.5) is 0 Å². The number of hydrogen-bond donors (Lipinski definition) is 2. The van der Waals surface area contributed by atoms with Crippen LogP contribution >= 0.6 is 0 Å². The zero-order valence-electron chi connectivity index (χ0n) is 16.4. The molecule has 0 aliphatic rings. The lowest BCUT2D eigenvalue weighted by atomic mass is 10.4. The van der Waals surface area contributed by atoms with Crippen molar-refractivity contribution < 1.29 is 41.6 Å². The van der Waals surface area contributed by atoms with E-state index < -0.39 is 29.5 Å². The summed E-state index contributed by atoms with van der Waals surface area (Å²) in [6.07, 6.45) is 0.556. The van der Waals surface area contributed by atoms with Crippen LogP contribution in [0.15, 0.2) is 24.3 Å². The fraction of sp³-hybridized carbons (Fsp3) is 0.625. The monoisotopic (exact) mass is 422 g/mol. The highest BCUT2D eigenvalue weighted by Gasteiger charge is 2.48. The Balaban J connectivity index is 4.51. The van der Waals surface area contributed by atoms with Crippen LogP contribution in [0.1, 0.15) is 26.7 Å². The predicted molar refractivity (Wildman–Crippen MR) is 101 cm³/mol. The molecule has 9 nitrogen and oxygen atoms in total. The van der Waals surface area contributed by atoms with Crippen LogP contribution in [0.3, 0.4) is 0 Å². The molecule has 0 saturated heterocycles. The van der Waals surface area contributed by atoms with Gasteiger partial charge in [-0.25, -0.2) is 9.59 Å². The van der Waals surface area contributed by atoms with E-state index in [-0.39, 0.29) is 49.3 Å². The molecule has 0 aromatic heterocycles. The van der Waals surface area contributed by atoms with E-state index in [9.17, 15) is 19.2 Å². The van der Waals surface area contributed by atoms with Crippen LogP contribution in [-0.4, -0.2) is 66.6 Å². The molecule has 0 radical (unpaired) electrons. The number of hydrogen-bond acceptors (Lipinski definition) is 9. The number of esters is 2. The Labute approximate surface area is 162 Å². The molecular formula is C16H30O9Si2. The molecule has 156 valence electrons. The van der Waals surface area contributed by atoms with Gasteiger partial charge in [-0.05, 0) is 26.7 Å². The fourth-order valence-electron chi connectivity index (χ4n) is 1.81. The van der Waals surface area contributed by atoms with E-state index in [1.54, 1.807) is 0 Å². The first kappa shape index (κ1) is 25.7. The van der Waals surface area contributed by atoms with Gasteiger partial charge in [0, 0.05) is 37.5 Å². The van der Waals surface area contributed by atoms with Gasteiger partial charge in [0.05, 0.1) is 13.2 Å². The second-order valence-corrected chi connectivity index (χ2v) is 11.5. The largest absolute Gasteiger partial charge is 0.490 e. The number of ether oxygens (including phenoxy) is 2. The van der Waals surface area contributed by atoms with Crippen LogP contribution < -0.4 is 0 Å². The molecule has 2 unspecified atom stereocenters. The molecule has 27 heavy (non-hydrogen) atoms. The lowest BCUT2D eigenvalue weighted by Crippen LogP contribution is -2.55. The highest BCUT2D eigenvalue weighted by molar-refractivity contribution is 6.73. The summed E-state index contributed by atoms with van der Waals surface area (Å²) in [6.45, 7) is 10.1. The first-order chi connectivity index (χ1) is 12.5. The van der Waals surface area contributed by atoms with Crippen molar-refractivity contribution in [3.8, 4) is 0 Å². The van der Waals surface area contributed by atoms with Crippen LogP contribution in [0, 0.1) is 0 Å². The Morgan fingerprint density at radius 1 is 0.815 bits per heavy atom. The molecule has 0 aliphatic carbocycles. The Morgan fingerprint density at radius 2 is 1.15 bits per heavy atom. The molecule has 0 bridgehead atoms. The highest BCUT2D eigenvalue weighted by atomic mass is 28.5. The van der Waals surface area contributed by atoms with Gasteiger partial charge in [-0.15, -0.1) is 0 Å². The molecular weight excluding hydrogens is 392 g/mol. The normalized spacial score (nSPS) is 15.3. The molecule has 0 aromatic carbocycles. The highest BCUT2D eigenvalue weighted by Crippen LogP contribution is 2.21. The van der Waals surface area contributed by atoms with Crippen molar-refractivity contribution in [2.75, 3.05) is 27.4 Å². The quantitative estimate of drug-likeness (QED) is 0.184. The SMILES string of the molecule is C=C(C)C(=O)OCCC[Si](O)(OC)O[Si](O)(CCCOC(=O)C(=C)C)OC. The number of carbonyl (C=O) groups is 2. The van der Waals surface area contributed by atoms with Gasteiger partial charge in [-0.3, -0.25) is 0 Å². The summed E-state index contributed by atoms with van der Waals surface area (Å²) in [4.78, 5) is 43.7. The van der Waals surface area contributed by atoms with Gasteiger partial charge in [0.2, 0.25) is 0 Å². The maximum Gasteiger partial charge on any atom is 0.490 e. The zero-order chi connectivity index (χ0) is 21.1. The zero-order valence-corrected chi connectivity index (χ0v) is 18.4. The first-order valence-corrected chi connectivity index (χ1v) is 12.3. The van der Waals surface area contributed by atoms with Gasteiger partial charge < -0.3 is 32.0 Å². The fourth-order valence-corrected chi connectivity index (χ4v) is 6.87. The first-order valence-electron chi connectivity index (χ1n) is 8.39. The summed E-state index contributed by atoms with van der Waals surface area (Å²) in [6, 6.07) is 0.132. The summed E-state index contributed by atoms with van der Waals surface area (Å²) in [7, 11) is -4.92. The van der Waals surface area contributed by atoms with Gasteiger partial charge in [0.15, 0.2) is 0 Å². The Bertz CT molecular complexity index is 494. The van der Waals surface area contributed by atoms with Crippen molar-refractivity contribution >= 4 is 29.5 Å². The summed E-state index contributed by atoms with van der Waals surface area (Å²) >= 11 is 0. The topological polar surface area (TPSA) is 121 Å². The van der Waals surface area contributed by atoms with E-state index in [1.807, 2.05) is 0 Å². The molecule has 0 heterocycles. The smallest absolute Gasteiger partial charge is 0.462 e. The molecule has 0 aromatic rings. The third-order valence-electron chi connectivity index (χ3n) is 3.39. The van der Waals surface area contributed by atoms with Gasteiger partial charge in [-0.1, -0.05) is 13.2 Å². The third kappa shape index (κ3) is 10.5. The number of carbonyl (C=O) groups excluding carboxylic acids is 2. The van der Waals surface area contributed by atoms with Crippen LogP contribution in [0.5, 0.6) is 0 Å². The van der Waals surface area contributed by atoms with Gasteiger partial charge in [0.25, 0.3) is 0 Å². The molecule has 11 heteroatoms. The second kappa shape index (κ2) is 12.2. The third-order valence-corrected chi connectivity index (χ3v) is 9.19. The molecule has 2 atom stereocenters. The minimum absolute atomic E-state index is 0.0531. The van der Waals surface area contributed by atoms with Gasteiger partial charge >= 0.3 is 29.5 Å². The average molecular weight is 423 g/mol. The Kier molecular flexibility index (Phi) is 11.6. The molecule has 0 spiro atoms. The maximum atomic E-state index is 11.3. The van der Waals surface area contributed by atoms with Crippen molar-refractivity contribution in [2.45, 2.75) is 38.8 Å². The minimum Gasteiger partial charge on any atom is -0.462 e. The standard InChI is InChI=1S/C16H30O9Si2/c1-13(2)15(17)23-9-7-11-26(19,21-5)25-27(20,22-6)12-8-10-24-16(18)14(3)4/h19-20H,1,3,7-12H2,2,4-6H3. The second-order valence-electron chi connectivity index (χ2n) is 5.98. The van der Waals surface area contributed by atoms with E-state index in [0.29, 0.717) is 0 Å². The lowest BCUT2D eigenvalue weighted by Gasteiger charge is -2.31. The average Bonchev–Trinajstić information content (AvgIpc) is 2.61. The van der Waals surface area contributed by atoms with Crippen molar-refractivity contribution in [3.05, 3.63) is 24.3 Å². The Morgan fingerprint density at radius 3 is 1.41 bits per heavy atom. The van der Waals surface area contributed by atoms with Gasteiger partial charge in [0.1, 0.15) is 0 Å². The van der Waals surface area contributed by atoms with Crippen molar-refractivity contribution in [2.24, 2.45) is 0 Å². The summed E-state index contributed by atoms with van der Waals surface area (Å²) in [5.41, 5.74) is 0.554. The van der Waals surface area contributed by atoms with Crippen molar-refractivity contribution in [1.82, 2.24) is 0 Å². The van der Waals surface area contributed by atoms with Crippen molar-refractivity contribution in [3.63, 3.8) is 0 Å². The molecule has 0 fully saturated rings. The molecule has 0 rings (SSSR count). The summed E-state index contributed by atoms with van der Waals surface area (Å²) < 4.78 is 25.5. The predicted octanol–water partition coefficient (Wildman–Crippen LogP) is 1.18. The molecule has 0 saturated carbocycles. The molecule has 2 N–H and O–H groups in total. The van der Waals surface area contributed by atoms with E-state index in [2.05, 4.69) is 13.2 Å². The van der Waals surface area contributed by atoms with Crippen molar-refractivity contribution in [1.29, 1.82) is 0 Å². The van der Waals surface area contributed by atoms with E-state index in [0.717, 1.165) is 0 Å². The lowest BCUT2D eigenvalue weighted by molar-refractivity contribution is -0.139. The van der Waals surface area contributed by atoms with E-state index in [1.165, 1.54) is 28.1 Å². The van der Waals surface area contributed by atoms with Crippen LogP contribution in [0.2, 0.25) is 12.1 Å². The number of rotatable bonds is 14. The summed E-state index contributed by atoms with van der Waals surface area (Å²) in [5.74, 6) is -1.05. The van der Waals surface area contributed by atoms with Gasteiger partial charge in [-0.2, -0.15) is 0 Å². The van der Waals surface area contributed by atoms with E-state index in [4.69, 9.17) is 22.4 Å². The minimum atomic E-state index is -3.73.